The van der Waals surface area contributed by atoms with Crippen LogP contribution in [-0.2, 0) is 4.79 Å². The zero-order valence-corrected chi connectivity index (χ0v) is 13.9. The summed E-state index contributed by atoms with van der Waals surface area (Å²) in [6.07, 6.45) is 11.1. The van der Waals surface area contributed by atoms with E-state index < -0.39 is 5.41 Å². The van der Waals surface area contributed by atoms with E-state index in [9.17, 15) is 4.79 Å². The quantitative estimate of drug-likeness (QED) is 0.201. The number of carbonyl (C=O) groups excluding carboxylic acids is 1. The van der Waals surface area contributed by atoms with E-state index >= 15 is 0 Å². The van der Waals surface area contributed by atoms with Gasteiger partial charge in [-0.05, 0) is 37.7 Å². The lowest BCUT2D eigenvalue weighted by molar-refractivity contribution is -0.129. The zero-order chi connectivity index (χ0) is 15.6. The van der Waals surface area contributed by atoms with E-state index in [2.05, 4.69) is 16.7 Å². The predicted octanol–water partition coefficient (Wildman–Crippen LogP) is 2.72. The fourth-order valence-corrected chi connectivity index (χ4v) is 3.44. The predicted molar refractivity (Wildman–Crippen MR) is 88.8 cm³/mol. The highest BCUT2D eigenvalue weighted by Crippen LogP contribution is 2.36. The van der Waals surface area contributed by atoms with E-state index in [1.807, 2.05) is 11.8 Å². The molecule has 1 amide bonds. The SMILES string of the molecule is CSCCCCCCNC(=O)C1(C(N)=NO)CCCCC1. The summed E-state index contributed by atoms with van der Waals surface area (Å²) >= 11 is 1.87. The molecule has 5 nitrogen and oxygen atoms in total. The van der Waals surface area contributed by atoms with Crippen LogP contribution in [0.3, 0.4) is 0 Å². The van der Waals surface area contributed by atoms with Crippen LogP contribution in [0.5, 0.6) is 0 Å². The van der Waals surface area contributed by atoms with Crippen LogP contribution in [0.4, 0.5) is 0 Å². The number of hydrogen-bond acceptors (Lipinski definition) is 4. The summed E-state index contributed by atoms with van der Waals surface area (Å²) in [7, 11) is 0. The lowest BCUT2D eigenvalue weighted by atomic mass is 9.72. The van der Waals surface area contributed by atoms with Gasteiger partial charge in [-0.2, -0.15) is 11.8 Å². The topological polar surface area (TPSA) is 87.7 Å². The van der Waals surface area contributed by atoms with Crippen LogP contribution < -0.4 is 11.1 Å². The molecule has 0 bridgehead atoms. The summed E-state index contributed by atoms with van der Waals surface area (Å²) in [6.45, 7) is 0.679. The number of carbonyl (C=O) groups is 1. The van der Waals surface area contributed by atoms with Gasteiger partial charge in [0, 0.05) is 6.54 Å². The van der Waals surface area contributed by atoms with Crippen LogP contribution in [0.1, 0.15) is 57.8 Å². The number of rotatable bonds is 9. The number of nitrogens with two attached hydrogens (primary N) is 1. The Labute approximate surface area is 132 Å². The molecule has 1 fully saturated rings. The standard InChI is InChI=1S/C15H29N3O2S/c1-21-12-8-3-2-7-11-17-14(19)15(13(16)18-20)9-5-4-6-10-15/h20H,2-12H2,1H3,(H2,16,18)(H,17,19). The molecule has 0 aromatic heterocycles. The maximum Gasteiger partial charge on any atom is 0.233 e. The summed E-state index contributed by atoms with van der Waals surface area (Å²) < 4.78 is 0. The molecule has 4 N–H and O–H groups in total. The fraction of sp³-hybridized carbons (Fsp3) is 0.867. The number of amidine groups is 1. The first kappa shape index (κ1) is 18.1. The fourth-order valence-electron chi connectivity index (χ4n) is 2.95. The highest BCUT2D eigenvalue weighted by molar-refractivity contribution is 7.98. The minimum Gasteiger partial charge on any atom is -0.409 e. The van der Waals surface area contributed by atoms with Gasteiger partial charge in [-0.15, -0.1) is 0 Å². The van der Waals surface area contributed by atoms with Gasteiger partial charge in [-0.3, -0.25) is 4.79 Å². The average molecular weight is 315 g/mol. The molecule has 0 unspecified atom stereocenters. The van der Waals surface area contributed by atoms with Crippen LogP contribution in [0, 0.1) is 5.41 Å². The molecule has 0 spiro atoms. The monoisotopic (exact) mass is 315 g/mol. The van der Waals surface area contributed by atoms with Crippen molar-refractivity contribution >= 4 is 23.5 Å². The third-order valence-electron chi connectivity index (χ3n) is 4.30. The Bertz CT molecular complexity index is 342. The zero-order valence-electron chi connectivity index (χ0n) is 13.1. The van der Waals surface area contributed by atoms with E-state index in [1.54, 1.807) is 0 Å². The summed E-state index contributed by atoms with van der Waals surface area (Å²) in [4.78, 5) is 12.5. The molecule has 0 saturated heterocycles. The summed E-state index contributed by atoms with van der Waals surface area (Å²) in [6, 6.07) is 0. The molecule has 6 heteroatoms. The molecule has 21 heavy (non-hydrogen) atoms. The first-order valence-corrected chi connectivity index (χ1v) is 9.32. The Kier molecular flexibility index (Phi) is 8.57. The Balaban J connectivity index is 2.37. The lowest BCUT2D eigenvalue weighted by Crippen LogP contribution is -2.51. The minimum atomic E-state index is -0.786. The third kappa shape index (κ3) is 5.41. The first-order valence-electron chi connectivity index (χ1n) is 7.92. The normalized spacial score (nSPS) is 18.4. The van der Waals surface area contributed by atoms with Gasteiger partial charge in [0.25, 0.3) is 0 Å². The van der Waals surface area contributed by atoms with Gasteiger partial charge >= 0.3 is 0 Å². The van der Waals surface area contributed by atoms with Crippen molar-refractivity contribution in [2.24, 2.45) is 16.3 Å². The highest BCUT2D eigenvalue weighted by atomic mass is 32.2. The van der Waals surface area contributed by atoms with E-state index in [0.29, 0.717) is 19.4 Å². The van der Waals surface area contributed by atoms with Gasteiger partial charge in [0.15, 0.2) is 5.84 Å². The average Bonchev–Trinajstić information content (AvgIpc) is 2.53. The number of nitrogens with one attached hydrogen (secondary N) is 1. The minimum absolute atomic E-state index is 0.0680. The molecule has 1 aliphatic carbocycles. The van der Waals surface area contributed by atoms with E-state index in [4.69, 9.17) is 10.9 Å². The van der Waals surface area contributed by atoms with E-state index in [1.165, 1.54) is 18.6 Å². The Morgan fingerprint density at radius 3 is 2.52 bits per heavy atom. The van der Waals surface area contributed by atoms with Gasteiger partial charge in [0.2, 0.25) is 5.91 Å². The second kappa shape index (κ2) is 9.92. The second-order valence-corrected chi connectivity index (χ2v) is 6.78. The maximum atomic E-state index is 12.5. The summed E-state index contributed by atoms with van der Waals surface area (Å²) in [5.74, 6) is 1.21. The molecule has 1 saturated carbocycles. The van der Waals surface area contributed by atoms with Crippen molar-refractivity contribution in [3.8, 4) is 0 Å². The number of amides is 1. The molecule has 1 rings (SSSR count). The molecular formula is C15H29N3O2S. The van der Waals surface area contributed by atoms with Crippen molar-refractivity contribution in [2.75, 3.05) is 18.6 Å². The van der Waals surface area contributed by atoms with Gasteiger partial charge in [-0.25, -0.2) is 0 Å². The van der Waals surface area contributed by atoms with Gasteiger partial charge in [0.1, 0.15) is 5.41 Å². The van der Waals surface area contributed by atoms with E-state index in [0.717, 1.165) is 32.1 Å². The van der Waals surface area contributed by atoms with Crippen LogP contribution in [-0.4, -0.2) is 35.5 Å². The molecule has 1 aliphatic rings. The number of nitrogens with zero attached hydrogens (tertiary/aromatic N) is 1. The Morgan fingerprint density at radius 2 is 1.90 bits per heavy atom. The van der Waals surface area contributed by atoms with Crippen molar-refractivity contribution in [1.82, 2.24) is 5.32 Å². The molecule has 122 valence electrons. The molecular weight excluding hydrogens is 286 g/mol. The lowest BCUT2D eigenvalue weighted by Gasteiger charge is -2.34. The third-order valence-corrected chi connectivity index (χ3v) is 5.00. The second-order valence-electron chi connectivity index (χ2n) is 5.79. The maximum absolute atomic E-state index is 12.5. The number of unbranched alkanes of at least 4 members (excludes halogenated alkanes) is 3. The number of thioether (sulfide) groups is 1. The van der Waals surface area contributed by atoms with Gasteiger partial charge in [0.05, 0.1) is 0 Å². The molecule has 0 aromatic rings. The number of oxime groups is 1. The summed E-state index contributed by atoms with van der Waals surface area (Å²) in [5.41, 5.74) is 5.02. The largest absolute Gasteiger partial charge is 0.409 e. The molecule has 0 atom stereocenters. The van der Waals surface area contributed by atoms with Crippen LogP contribution in [0.25, 0.3) is 0 Å². The van der Waals surface area contributed by atoms with Gasteiger partial charge in [-0.1, -0.05) is 37.3 Å². The van der Waals surface area contributed by atoms with Crippen LogP contribution in [0.15, 0.2) is 5.16 Å². The van der Waals surface area contributed by atoms with Crippen LogP contribution in [0.2, 0.25) is 0 Å². The molecule has 0 aromatic carbocycles. The molecule has 0 radical (unpaired) electrons. The van der Waals surface area contributed by atoms with Crippen molar-refractivity contribution < 1.29 is 10.0 Å². The first-order chi connectivity index (χ1) is 10.2. The van der Waals surface area contributed by atoms with E-state index in [-0.39, 0.29) is 11.7 Å². The van der Waals surface area contributed by atoms with Crippen LogP contribution >= 0.6 is 11.8 Å². The van der Waals surface area contributed by atoms with Gasteiger partial charge < -0.3 is 16.3 Å². The Hall–Kier alpha value is -0.910. The highest BCUT2D eigenvalue weighted by Gasteiger charge is 2.43. The Morgan fingerprint density at radius 1 is 1.24 bits per heavy atom. The van der Waals surface area contributed by atoms with Crippen molar-refractivity contribution in [3.05, 3.63) is 0 Å². The molecule has 0 aliphatic heterocycles. The van der Waals surface area contributed by atoms with Crippen molar-refractivity contribution in [2.45, 2.75) is 57.8 Å². The van der Waals surface area contributed by atoms with Crippen molar-refractivity contribution in [3.63, 3.8) is 0 Å². The number of hydrogen-bond donors (Lipinski definition) is 3. The smallest absolute Gasteiger partial charge is 0.233 e. The van der Waals surface area contributed by atoms with Crippen molar-refractivity contribution in [1.29, 1.82) is 0 Å². The summed E-state index contributed by atoms with van der Waals surface area (Å²) in [5, 5.41) is 15.1. The molecule has 0 heterocycles.